The SMILES string of the molecule is CCn1c(SC(C(=O)c2c[nH]c3ccccc23)c2ccccc2)nc2cc(S(N)(=O)=O)ccc21. The fraction of sp³-hybridized carbons (Fsp3) is 0.120. The summed E-state index contributed by atoms with van der Waals surface area (Å²) in [6.45, 7) is 2.59. The normalized spacial score (nSPS) is 12.9. The van der Waals surface area contributed by atoms with Gasteiger partial charge in [-0.1, -0.05) is 60.3 Å². The third-order valence-electron chi connectivity index (χ3n) is 5.75. The number of thioether (sulfide) groups is 1. The van der Waals surface area contributed by atoms with E-state index in [1.54, 1.807) is 12.3 Å². The smallest absolute Gasteiger partial charge is 0.238 e. The quantitative estimate of drug-likeness (QED) is 0.249. The predicted octanol–water partition coefficient (Wildman–Crippen LogP) is 4.90. The Labute approximate surface area is 201 Å². The molecule has 5 aromatic rings. The monoisotopic (exact) mass is 490 g/mol. The largest absolute Gasteiger partial charge is 0.360 e. The molecule has 0 saturated heterocycles. The van der Waals surface area contributed by atoms with Crippen molar-refractivity contribution in [2.75, 3.05) is 0 Å². The maximum absolute atomic E-state index is 13.9. The van der Waals surface area contributed by atoms with Gasteiger partial charge in [-0.05, 0) is 36.8 Å². The lowest BCUT2D eigenvalue weighted by molar-refractivity contribution is 0.0991. The number of carbonyl (C=O) groups is 1. The highest BCUT2D eigenvalue weighted by Gasteiger charge is 2.28. The Balaban J connectivity index is 1.61. The number of benzene rings is 3. The molecule has 0 aliphatic rings. The molecule has 3 N–H and O–H groups in total. The number of imidazole rings is 1. The number of hydrogen-bond donors (Lipinski definition) is 2. The molecule has 0 fully saturated rings. The molecule has 0 bridgehead atoms. The lowest BCUT2D eigenvalue weighted by Crippen LogP contribution is -2.11. The van der Waals surface area contributed by atoms with Gasteiger partial charge >= 0.3 is 0 Å². The Morgan fingerprint density at radius 2 is 1.82 bits per heavy atom. The zero-order chi connectivity index (χ0) is 23.9. The van der Waals surface area contributed by atoms with Crippen molar-refractivity contribution >= 4 is 49.5 Å². The zero-order valence-electron chi connectivity index (χ0n) is 18.3. The van der Waals surface area contributed by atoms with Crippen molar-refractivity contribution in [1.29, 1.82) is 0 Å². The highest BCUT2D eigenvalue weighted by Crippen LogP contribution is 2.40. The molecule has 5 rings (SSSR count). The van der Waals surface area contributed by atoms with Crippen molar-refractivity contribution in [3.8, 4) is 0 Å². The minimum Gasteiger partial charge on any atom is -0.360 e. The Morgan fingerprint density at radius 1 is 1.09 bits per heavy atom. The Bertz CT molecular complexity index is 1620. The van der Waals surface area contributed by atoms with Crippen LogP contribution in [-0.2, 0) is 16.6 Å². The molecule has 0 aliphatic carbocycles. The molecular weight excluding hydrogens is 468 g/mol. The number of nitrogens with one attached hydrogen (secondary N) is 1. The molecule has 172 valence electrons. The second kappa shape index (κ2) is 8.75. The van der Waals surface area contributed by atoms with Crippen LogP contribution in [0.15, 0.2) is 89.0 Å². The van der Waals surface area contributed by atoms with E-state index in [4.69, 9.17) is 10.1 Å². The zero-order valence-corrected chi connectivity index (χ0v) is 19.9. The van der Waals surface area contributed by atoms with Crippen molar-refractivity contribution < 1.29 is 13.2 Å². The van der Waals surface area contributed by atoms with Gasteiger partial charge < -0.3 is 9.55 Å². The first-order valence-corrected chi connectivity index (χ1v) is 13.1. The number of para-hydroxylation sites is 1. The van der Waals surface area contributed by atoms with Crippen LogP contribution in [0.3, 0.4) is 0 Å². The molecule has 0 aliphatic heterocycles. The molecular formula is C25H22N4O3S2. The Kier molecular flexibility index (Phi) is 5.76. The van der Waals surface area contributed by atoms with Gasteiger partial charge in [0.15, 0.2) is 10.9 Å². The summed E-state index contributed by atoms with van der Waals surface area (Å²) in [5, 5.41) is 6.27. The van der Waals surface area contributed by atoms with E-state index < -0.39 is 15.3 Å². The number of aryl methyl sites for hydroxylation is 1. The highest BCUT2D eigenvalue weighted by molar-refractivity contribution is 8.00. The average molecular weight is 491 g/mol. The topological polar surface area (TPSA) is 111 Å². The van der Waals surface area contributed by atoms with E-state index in [-0.39, 0.29) is 10.7 Å². The minimum absolute atomic E-state index is 0.00628. The van der Waals surface area contributed by atoms with Crippen molar-refractivity contribution in [3.05, 3.63) is 90.1 Å². The van der Waals surface area contributed by atoms with E-state index >= 15 is 0 Å². The number of rotatable bonds is 7. The fourth-order valence-corrected chi connectivity index (χ4v) is 5.86. The van der Waals surface area contributed by atoms with E-state index in [0.717, 1.165) is 22.0 Å². The molecule has 9 heteroatoms. The molecule has 0 saturated carbocycles. The first-order valence-electron chi connectivity index (χ1n) is 10.7. The summed E-state index contributed by atoms with van der Waals surface area (Å²) in [6, 6.07) is 22.0. The van der Waals surface area contributed by atoms with Crippen LogP contribution in [0.1, 0.15) is 28.1 Å². The summed E-state index contributed by atoms with van der Waals surface area (Å²) in [6.07, 6.45) is 1.75. The lowest BCUT2D eigenvalue weighted by atomic mass is 10.0. The van der Waals surface area contributed by atoms with Gasteiger partial charge in [0.1, 0.15) is 5.25 Å². The second-order valence-electron chi connectivity index (χ2n) is 7.85. The molecule has 3 aromatic carbocycles. The Hall–Kier alpha value is -3.40. The number of primary sulfonamides is 1. The Morgan fingerprint density at radius 3 is 2.56 bits per heavy atom. The molecule has 1 unspecified atom stereocenters. The first kappa shape index (κ1) is 22.4. The van der Waals surface area contributed by atoms with Gasteiger partial charge in [0.25, 0.3) is 0 Å². The number of sulfonamides is 1. The van der Waals surface area contributed by atoms with Gasteiger partial charge in [0.2, 0.25) is 10.0 Å². The van der Waals surface area contributed by atoms with Crippen molar-refractivity contribution in [3.63, 3.8) is 0 Å². The number of carbonyl (C=O) groups excluding carboxylic acids is 1. The lowest BCUT2D eigenvalue weighted by Gasteiger charge is -2.16. The van der Waals surface area contributed by atoms with Crippen molar-refractivity contribution in [2.45, 2.75) is 28.8 Å². The second-order valence-corrected chi connectivity index (χ2v) is 10.5. The van der Waals surface area contributed by atoms with E-state index in [2.05, 4.69) is 4.98 Å². The van der Waals surface area contributed by atoms with E-state index in [9.17, 15) is 13.2 Å². The molecule has 1 atom stereocenters. The van der Waals surface area contributed by atoms with Crippen LogP contribution in [0.25, 0.3) is 21.9 Å². The van der Waals surface area contributed by atoms with Gasteiger partial charge in [-0.2, -0.15) is 0 Å². The molecule has 7 nitrogen and oxygen atoms in total. The van der Waals surface area contributed by atoms with Crippen molar-refractivity contribution in [2.24, 2.45) is 5.14 Å². The van der Waals surface area contributed by atoms with Crippen LogP contribution >= 0.6 is 11.8 Å². The van der Waals surface area contributed by atoms with E-state index in [0.29, 0.717) is 22.8 Å². The number of ketones is 1. The molecule has 2 heterocycles. The van der Waals surface area contributed by atoms with Crippen LogP contribution in [0.2, 0.25) is 0 Å². The molecule has 0 amide bonds. The number of fused-ring (bicyclic) bond motifs is 2. The van der Waals surface area contributed by atoms with Crippen LogP contribution < -0.4 is 5.14 Å². The summed E-state index contributed by atoms with van der Waals surface area (Å²) in [5.74, 6) is -0.0337. The van der Waals surface area contributed by atoms with Gasteiger partial charge in [0.05, 0.1) is 15.9 Å². The highest BCUT2D eigenvalue weighted by atomic mass is 32.2. The summed E-state index contributed by atoms with van der Waals surface area (Å²) >= 11 is 1.35. The molecule has 0 spiro atoms. The van der Waals surface area contributed by atoms with Gasteiger partial charge in [-0.15, -0.1) is 0 Å². The molecule has 2 aromatic heterocycles. The van der Waals surface area contributed by atoms with Crippen molar-refractivity contribution in [1.82, 2.24) is 14.5 Å². The number of nitrogens with two attached hydrogens (primary N) is 1. The minimum atomic E-state index is -3.85. The van der Waals surface area contributed by atoms with Crippen LogP contribution in [-0.4, -0.2) is 28.7 Å². The van der Waals surface area contributed by atoms with E-state index in [1.165, 1.54) is 23.9 Å². The fourth-order valence-electron chi connectivity index (χ4n) is 4.08. The third-order valence-corrected chi connectivity index (χ3v) is 7.90. The number of aromatic nitrogens is 3. The van der Waals surface area contributed by atoms with Gasteiger partial charge in [-0.25, -0.2) is 18.5 Å². The summed E-state index contributed by atoms with van der Waals surface area (Å²) < 4.78 is 25.6. The number of Topliss-reactive ketones (excluding diaryl/α,β-unsaturated/α-hetero) is 1. The number of H-pyrrole nitrogens is 1. The first-order chi connectivity index (χ1) is 16.4. The third kappa shape index (κ3) is 4.02. The number of aromatic amines is 1. The number of nitrogens with zero attached hydrogens (tertiary/aromatic N) is 2. The summed E-state index contributed by atoms with van der Waals surface area (Å²) in [4.78, 5) is 21.7. The summed E-state index contributed by atoms with van der Waals surface area (Å²) in [5.41, 5.74) is 3.68. The average Bonchev–Trinajstić information content (AvgIpc) is 3.42. The predicted molar refractivity (Wildman–Crippen MR) is 134 cm³/mol. The van der Waals surface area contributed by atoms with Gasteiger partial charge in [-0.3, -0.25) is 4.79 Å². The maximum Gasteiger partial charge on any atom is 0.238 e. The van der Waals surface area contributed by atoms with Gasteiger partial charge in [0, 0.05) is 29.2 Å². The number of hydrogen-bond acceptors (Lipinski definition) is 5. The molecule has 0 radical (unpaired) electrons. The summed E-state index contributed by atoms with van der Waals surface area (Å²) in [7, 11) is -3.85. The standard InChI is InChI=1S/C25H22N4O3S2/c1-2-29-22-13-12-17(34(26,31)32)14-21(22)28-25(29)33-24(16-8-4-3-5-9-16)23(30)19-15-27-20-11-7-6-10-18(19)20/h3-15,24,27H,2H2,1H3,(H2,26,31,32). The molecule has 34 heavy (non-hydrogen) atoms. The van der Waals surface area contributed by atoms with Crippen LogP contribution in [0, 0.1) is 0 Å². The van der Waals surface area contributed by atoms with Crippen LogP contribution in [0.4, 0.5) is 0 Å². The van der Waals surface area contributed by atoms with E-state index in [1.807, 2.05) is 66.1 Å². The maximum atomic E-state index is 13.9. The van der Waals surface area contributed by atoms with Crippen LogP contribution in [0.5, 0.6) is 0 Å².